The molecule has 0 saturated carbocycles. The van der Waals surface area contributed by atoms with Crippen molar-refractivity contribution < 1.29 is 14.7 Å². The van der Waals surface area contributed by atoms with Gasteiger partial charge in [-0.25, -0.2) is 9.48 Å². The zero-order chi connectivity index (χ0) is 18.0. The summed E-state index contributed by atoms with van der Waals surface area (Å²) in [5, 5.41) is 17.2. The van der Waals surface area contributed by atoms with Crippen molar-refractivity contribution in [3.05, 3.63) is 65.7 Å². The van der Waals surface area contributed by atoms with Crippen molar-refractivity contribution in [2.45, 2.75) is 6.54 Å². The lowest BCUT2D eigenvalue weighted by Gasteiger charge is -2.18. The Morgan fingerprint density at radius 2 is 1.92 bits per heavy atom. The van der Waals surface area contributed by atoms with Gasteiger partial charge in [0.2, 0.25) is 0 Å². The summed E-state index contributed by atoms with van der Waals surface area (Å²) in [4.78, 5) is 25.3. The Kier molecular flexibility index (Phi) is 4.34. The molecule has 0 radical (unpaired) electrons. The van der Waals surface area contributed by atoms with Crippen molar-refractivity contribution >= 4 is 11.9 Å². The van der Waals surface area contributed by atoms with Gasteiger partial charge in [-0.05, 0) is 23.8 Å². The van der Waals surface area contributed by atoms with E-state index in [-0.39, 0.29) is 11.3 Å². The van der Waals surface area contributed by atoms with E-state index in [9.17, 15) is 14.7 Å². The second-order valence-corrected chi connectivity index (χ2v) is 5.61. The van der Waals surface area contributed by atoms with E-state index in [1.165, 1.54) is 15.8 Å². The van der Waals surface area contributed by atoms with Crippen LogP contribution in [-0.4, -0.2) is 48.5 Å². The average molecular weight is 339 g/mol. The van der Waals surface area contributed by atoms with Crippen LogP contribution in [0, 0.1) is 0 Å². The van der Waals surface area contributed by atoms with Gasteiger partial charge in [0.05, 0.1) is 11.9 Å². The highest BCUT2D eigenvalue weighted by Gasteiger charge is 2.24. The van der Waals surface area contributed by atoms with Crippen LogP contribution in [0.25, 0.3) is 5.69 Å². The van der Waals surface area contributed by atoms with E-state index < -0.39 is 11.9 Å². The molecule has 3 aromatic rings. The zero-order valence-corrected chi connectivity index (χ0v) is 13.8. The van der Waals surface area contributed by atoms with Crippen LogP contribution in [0.1, 0.15) is 26.4 Å². The lowest BCUT2D eigenvalue weighted by Crippen LogP contribution is -2.29. The topological polar surface area (TPSA) is 93.2 Å². The second-order valence-electron chi connectivity index (χ2n) is 5.61. The molecule has 3 rings (SSSR count). The molecule has 0 aliphatic rings. The number of carboxylic acids is 1. The summed E-state index contributed by atoms with van der Waals surface area (Å²) in [6.07, 6.45) is 4.73. The fourth-order valence-electron chi connectivity index (χ4n) is 2.55. The maximum absolute atomic E-state index is 12.6. The number of rotatable bonds is 5. The molecule has 2 aromatic heterocycles. The van der Waals surface area contributed by atoms with E-state index in [1.54, 1.807) is 25.0 Å². The number of carbonyl (C=O) groups is 2. The fourth-order valence-corrected chi connectivity index (χ4v) is 2.55. The first-order valence-corrected chi connectivity index (χ1v) is 7.57. The van der Waals surface area contributed by atoms with Gasteiger partial charge >= 0.3 is 5.97 Å². The van der Waals surface area contributed by atoms with E-state index >= 15 is 0 Å². The smallest absolute Gasteiger partial charge is 0.339 e. The van der Waals surface area contributed by atoms with Gasteiger partial charge in [0.15, 0.2) is 0 Å². The van der Waals surface area contributed by atoms with Crippen molar-refractivity contribution in [2.75, 3.05) is 7.05 Å². The molecule has 0 atom stereocenters. The van der Waals surface area contributed by atoms with Crippen molar-refractivity contribution in [1.29, 1.82) is 0 Å². The minimum absolute atomic E-state index is 0.0585. The molecule has 0 unspecified atom stereocenters. The number of aromatic carboxylic acids is 1. The molecular formula is C17H17N5O3. The highest BCUT2D eigenvalue weighted by Crippen LogP contribution is 2.14. The maximum atomic E-state index is 12.6. The number of carbonyl (C=O) groups excluding carboxylic acids is 1. The standard InChI is InChI=1S/C17H17N5O3/c1-20(16(23)15-14(17(24)25)10-19-21(15)2)11-12-4-6-13(7-5-12)22-9-3-8-18-22/h3-10H,11H2,1-2H3,(H,24,25). The van der Waals surface area contributed by atoms with Gasteiger partial charge in [0, 0.05) is 33.0 Å². The van der Waals surface area contributed by atoms with E-state index in [0.717, 1.165) is 11.3 Å². The number of hydrogen-bond donors (Lipinski definition) is 1. The van der Waals surface area contributed by atoms with E-state index in [0.29, 0.717) is 6.54 Å². The zero-order valence-electron chi connectivity index (χ0n) is 13.8. The van der Waals surface area contributed by atoms with Gasteiger partial charge in [0.1, 0.15) is 11.3 Å². The molecule has 1 N–H and O–H groups in total. The van der Waals surface area contributed by atoms with Crippen LogP contribution in [0.5, 0.6) is 0 Å². The molecule has 0 saturated heterocycles. The molecule has 8 nitrogen and oxygen atoms in total. The Morgan fingerprint density at radius 1 is 1.20 bits per heavy atom. The van der Waals surface area contributed by atoms with Gasteiger partial charge < -0.3 is 10.0 Å². The highest BCUT2D eigenvalue weighted by atomic mass is 16.4. The fraction of sp³-hybridized carbons (Fsp3) is 0.176. The predicted molar refractivity (Wildman–Crippen MR) is 89.5 cm³/mol. The lowest BCUT2D eigenvalue weighted by atomic mass is 10.1. The summed E-state index contributed by atoms with van der Waals surface area (Å²) >= 11 is 0. The summed E-state index contributed by atoms with van der Waals surface area (Å²) in [5.41, 5.74) is 1.80. The molecule has 25 heavy (non-hydrogen) atoms. The number of amides is 1. The third-order valence-electron chi connectivity index (χ3n) is 3.84. The normalized spacial score (nSPS) is 10.6. The van der Waals surface area contributed by atoms with Crippen LogP contribution in [-0.2, 0) is 13.6 Å². The number of benzene rings is 1. The van der Waals surface area contributed by atoms with Gasteiger partial charge in [0.25, 0.3) is 5.91 Å². The minimum atomic E-state index is -1.17. The van der Waals surface area contributed by atoms with Crippen LogP contribution >= 0.6 is 0 Å². The monoisotopic (exact) mass is 339 g/mol. The first-order valence-electron chi connectivity index (χ1n) is 7.57. The summed E-state index contributed by atoms with van der Waals surface area (Å²) in [7, 11) is 3.18. The minimum Gasteiger partial charge on any atom is -0.478 e. The third kappa shape index (κ3) is 3.27. The lowest BCUT2D eigenvalue weighted by molar-refractivity contribution is 0.0678. The third-order valence-corrected chi connectivity index (χ3v) is 3.84. The molecule has 1 aromatic carbocycles. The van der Waals surface area contributed by atoms with Crippen molar-refractivity contribution in [2.24, 2.45) is 7.05 Å². The van der Waals surface area contributed by atoms with Crippen LogP contribution in [0.4, 0.5) is 0 Å². The molecule has 0 bridgehead atoms. The van der Waals surface area contributed by atoms with E-state index in [2.05, 4.69) is 10.2 Å². The number of aryl methyl sites for hydroxylation is 1. The number of hydrogen-bond acceptors (Lipinski definition) is 4. The molecule has 0 fully saturated rings. The summed E-state index contributed by atoms with van der Waals surface area (Å²) in [6, 6.07) is 9.47. The maximum Gasteiger partial charge on any atom is 0.339 e. The first-order chi connectivity index (χ1) is 12.0. The van der Waals surface area contributed by atoms with Crippen molar-refractivity contribution in [1.82, 2.24) is 24.5 Å². The summed E-state index contributed by atoms with van der Waals surface area (Å²) in [5.74, 6) is -1.57. The van der Waals surface area contributed by atoms with Gasteiger partial charge in [-0.2, -0.15) is 10.2 Å². The highest BCUT2D eigenvalue weighted by molar-refractivity contribution is 6.03. The quantitative estimate of drug-likeness (QED) is 0.762. The van der Waals surface area contributed by atoms with Gasteiger partial charge in [-0.1, -0.05) is 12.1 Å². The Bertz CT molecular complexity index is 897. The van der Waals surface area contributed by atoms with Crippen LogP contribution in [0.15, 0.2) is 48.9 Å². The summed E-state index contributed by atoms with van der Waals surface area (Å²) in [6.45, 7) is 0.350. The molecule has 0 aliphatic heterocycles. The van der Waals surface area contributed by atoms with Gasteiger partial charge in [-0.15, -0.1) is 0 Å². The molecule has 1 amide bonds. The molecule has 2 heterocycles. The number of nitrogens with zero attached hydrogens (tertiary/aromatic N) is 5. The largest absolute Gasteiger partial charge is 0.478 e. The van der Waals surface area contributed by atoms with Crippen molar-refractivity contribution in [3.8, 4) is 5.69 Å². The average Bonchev–Trinajstić information content (AvgIpc) is 3.24. The van der Waals surface area contributed by atoms with Crippen LogP contribution < -0.4 is 0 Å². The van der Waals surface area contributed by atoms with Crippen molar-refractivity contribution in [3.63, 3.8) is 0 Å². The second kappa shape index (κ2) is 6.60. The summed E-state index contributed by atoms with van der Waals surface area (Å²) < 4.78 is 3.02. The predicted octanol–water partition coefficient (Wildman–Crippen LogP) is 1.58. The molecule has 8 heteroatoms. The molecule has 128 valence electrons. The SMILES string of the molecule is CN(Cc1ccc(-n2cccn2)cc1)C(=O)c1c(C(=O)O)cnn1C. The number of carboxylic acid groups (broad SMARTS) is 1. The first kappa shape index (κ1) is 16.4. The Hall–Kier alpha value is -3.42. The molecule has 0 spiro atoms. The Morgan fingerprint density at radius 3 is 2.52 bits per heavy atom. The number of aromatic nitrogens is 4. The Balaban J connectivity index is 1.76. The van der Waals surface area contributed by atoms with E-state index in [1.807, 2.05) is 36.5 Å². The molecular weight excluding hydrogens is 322 g/mol. The van der Waals surface area contributed by atoms with Crippen LogP contribution in [0.3, 0.4) is 0 Å². The van der Waals surface area contributed by atoms with Gasteiger partial charge in [-0.3, -0.25) is 9.48 Å². The van der Waals surface area contributed by atoms with Crippen LogP contribution in [0.2, 0.25) is 0 Å². The Labute approximate surface area is 143 Å². The van der Waals surface area contributed by atoms with E-state index in [4.69, 9.17) is 0 Å². The molecule has 0 aliphatic carbocycles.